The zero-order valence-electron chi connectivity index (χ0n) is 17.2. The highest BCUT2D eigenvalue weighted by atomic mass is 16.1. The minimum Gasteiger partial charge on any atom is -0.382 e. The second-order valence-electron chi connectivity index (χ2n) is 7.51. The number of carbonyl (C=O) groups is 1. The number of piperidine rings is 1. The highest BCUT2D eigenvalue weighted by molar-refractivity contribution is 5.96. The summed E-state index contributed by atoms with van der Waals surface area (Å²) in [6.07, 6.45) is 6.39. The number of aromatic nitrogens is 2. The van der Waals surface area contributed by atoms with Crippen LogP contribution < -0.4 is 11.1 Å². The molecule has 0 spiro atoms. The van der Waals surface area contributed by atoms with Gasteiger partial charge in [0.05, 0.1) is 0 Å². The van der Waals surface area contributed by atoms with Crippen LogP contribution in [0.4, 0.5) is 5.82 Å². The van der Waals surface area contributed by atoms with Crippen LogP contribution in [-0.2, 0) is 5.41 Å². The van der Waals surface area contributed by atoms with E-state index in [1.165, 1.54) is 18.0 Å². The van der Waals surface area contributed by atoms with Crippen molar-refractivity contribution in [2.75, 3.05) is 39.5 Å². The van der Waals surface area contributed by atoms with E-state index in [1.54, 1.807) is 0 Å². The van der Waals surface area contributed by atoms with Crippen molar-refractivity contribution < 1.29 is 4.79 Å². The first-order chi connectivity index (χ1) is 14.5. The van der Waals surface area contributed by atoms with Gasteiger partial charge in [0.25, 0.3) is 5.91 Å². The summed E-state index contributed by atoms with van der Waals surface area (Å²) in [6, 6.07) is 10.2. The van der Waals surface area contributed by atoms with Crippen LogP contribution in [0.3, 0.4) is 0 Å². The Hall–Kier alpha value is -3.67. The van der Waals surface area contributed by atoms with Gasteiger partial charge in [0.1, 0.15) is 0 Å². The lowest BCUT2D eigenvalue weighted by Crippen LogP contribution is -2.52. The minimum atomic E-state index is -0.335. The summed E-state index contributed by atoms with van der Waals surface area (Å²) in [4.78, 5) is 28.6. The van der Waals surface area contributed by atoms with Crippen LogP contribution in [0, 0.1) is 11.5 Å². The van der Waals surface area contributed by atoms with Crippen LogP contribution in [0.5, 0.6) is 0 Å². The lowest BCUT2D eigenvalue weighted by atomic mass is 9.72. The molecule has 3 rings (SSSR count). The molecule has 1 fully saturated rings. The third kappa shape index (κ3) is 4.49. The minimum absolute atomic E-state index is 0.113. The zero-order chi connectivity index (χ0) is 21.6. The number of carbonyl (C=O) groups excluding carboxylic acids is 1. The topological polar surface area (TPSA) is 124 Å². The molecule has 3 N–H and O–H groups in total. The fourth-order valence-electron chi connectivity index (χ4n) is 3.85. The Balaban J connectivity index is 1.79. The van der Waals surface area contributed by atoms with Crippen molar-refractivity contribution in [1.29, 1.82) is 5.26 Å². The van der Waals surface area contributed by atoms with Crippen LogP contribution in [0.15, 0.2) is 47.7 Å². The first-order valence-electron chi connectivity index (χ1n) is 9.76. The molecule has 2 aromatic rings. The van der Waals surface area contributed by atoms with Gasteiger partial charge in [-0.1, -0.05) is 30.3 Å². The molecule has 0 atom stereocenters. The highest BCUT2D eigenvalue weighted by Crippen LogP contribution is 2.35. The zero-order valence-corrected chi connectivity index (χ0v) is 17.2. The number of benzene rings is 1. The average molecular weight is 406 g/mol. The van der Waals surface area contributed by atoms with Crippen LogP contribution in [0.1, 0.15) is 28.9 Å². The molecule has 0 unspecified atom stereocenters. The Kier molecular flexibility index (Phi) is 6.47. The number of nitrogens with two attached hydrogens (primary N) is 1. The Morgan fingerprint density at radius 2 is 1.93 bits per heavy atom. The molecule has 1 aliphatic rings. The van der Waals surface area contributed by atoms with Crippen molar-refractivity contribution in [3.8, 4) is 6.19 Å². The molecule has 9 heteroatoms. The summed E-state index contributed by atoms with van der Waals surface area (Å²) in [5.41, 5.74) is 6.86. The Morgan fingerprint density at radius 1 is 1.27 bits per heavy atom. The predicted molar refractivity (Wildman–Crippen MR) is 114 cm³/mol. The maximum Gasteiger partial charge on any atom is 0.273 e. The van der Waals surface area contributed by atoms with E-state index >= 15 is 0 Å². The molecule has 2 heterocycles. The SMILES string of the molecule is CN(C)C(=NC#N)N1CCC(CNC(=O)c2nccnc2N)(c2ccccc2)CC1. The molecular weight excluding hydrogens is 380 g/mol. The van der Waals surface area contributed by atoms with Crippen LogP contribution in [0.2, 0.25) is 0 Å². The van der Waals surface area contributed by atoms with Gasteiger partial charge in [-0.2, -0.15) is 5.26 Å². The van der Waals surface area contributed by atoms with E-state index in [2.05, 4.69) is 37.3 Å². The number of likely N-dealkylation sites (tertiary alicyclic amines) is 1. The van der Waals surface area contributed by atoms with Gasteiger partial charge in [0.15, 0.2) is 11.5 Å². The molecule has 1 aromatic heterocycles. The van der Waals surface area contributed by atoms with Crippen molar-refractivity contribution in [3.63, 3.8) is 0 Å². The van der Waals surface area contributed by atoms with Gasteiger partial charge in [0, 0.05) is 51.5 Å². The van der Waals surface area contributed by atoms with Crippen molar-refractivity contribution in [3.05, 3.63) is 54.0 Å². The molecule has 1 amide bonds. The fourth-order valence-corrected chi connectivity index (χ4v) is 3.85. The third-order valence-electron chi connectivity index (χ3n) is 5.47. The van der Waals surface area contributed by atoms with Gasteiger partial charge < -0.3 is 20.9 Å². The second kappa shape index (κ2) is 9.22. The summed E-state index contributed by atoms with van der Waals surface area (Å²) in [7, 11) is 3.75. The van der Waals surface area contributed by atoms with Crippen molar-refractivity contribution in [2.45, 2.75) is 18.3 Å². The van der Waals surface area contributed by atoms with Gasteiger partial charge >= 0.3 is 0 Å². The number of nitrogen functional groups attached to an aromatic ring is 1. The maximum absolute atomic E-state index is 12.7. The number of nitriles is 1. The Bertz CT molecular complexity index is 943. The van der Waals surface area contributed by atoms with Crippen molar-refractivity contribution in [2.24, 2.45) is 4.99 Å². The lowest BCUT2D eigenvalue weighted by Gasteiger charge is -2.44. The predicted octanol–water partition coefficient (Wildman–Crippen LogP) is 1.22. The monoisotopic (exact) mass is 406 g/mol. The van der Waals surface area contributed by atoms with E-state index in [9.17, 15) is 4.79 Å². The molecule has 0 radical (unpaired) electrons. The summed E-state index contributed by atoms with van der Waals surface area (Å²) >= 11 is 0. The number of rotatable bonds is 4. The number of hydrogen-bond donors (Lipinski definition) is 2. The molecule has 0 bridgehead atoms. The number of aliphatic imine (C=N–C) groups is 1. The average Bonchev–Trinajstić information content (AvgIpc) is 2.77. The number of guanidine groups is 1. The first-order valence-corrected chi connectivity index (χ1v) is 9.76. The summed E-state index contributed by atoms with van der Waals surface area (Å²) in [5, 5.41) is 12.0. The van der Waals surface area contributed by atoms with Gasteiger partial charge in [-0.3, -0.25) is 4.79 Å². The van der Waals surface area contributed by atoms with Crippen LogP contribution >= 0.6 is 0 Å². The van der Waals surface area contributed by atoms with E-state index in [-0.39, 0.29) is 22.8 Å². The summed E-state index contributed by atoms with van der Waals surface area (Å²) in [6.45, 7) is 1.89. The number of hydrogen-bond acceptors (Lipinski definition) is 6. The molecule has 0 saturated carbocycles. The maximum atomic E-state index is 12.7. The number of amides is 1. The molecule has 9 nitrogen and oxygen atoms in total. The number of anilines is 1. The Morgan fingerprint density at radius 3 is 2.53 bits per heavy atom. The molecule has 1 saturated heterocycles. The fraction of sp³-hybridized carbons (Fsp3) is 0.381. The Labute approximate surface area is 176 Å². The largest absolute Gasteiger partial charge is 0.382 e. The van der Waals surface area contributed by atoms with E-state index in [4.69, 9.17) is 11.0 Å². The van der Waals surface area contributed by atoms with Gasteiger partial charge in [-0.25, -0.2) is 9.97 Å². The van der Waals surface area contributed by atoms with E-state index < -0.39 is 0 Å². The lowest BCUT2D eigenvalue weighted by molar-refractivity contribution is 0.0927. The quantitative estimate of drug-likeness (QED) is 0.444. The second-order valence-corrected chi connectivity index (χ2v) is 7.51. The molecule has 1 aromatic carbocycles. The number of nitrogens with zero attached hydrogens (tertiary/aromatic N) is 6. The summed E-state index contributed by atoms with van der Waals surface area (Å²) in [5.74, 6) is 0.427. The molecule has 156 valence electrons. The van der Waals surface area contributed by atoms with Gasteiger partial charge in [-0.15, -0.1) is 4.99 Å². The van der Waals surface area contributed by atoms with E-state index in [0.29, 0.717) is 12.5 Å². The highest BCUT2D eigenvalue weighted by Gasteiger charge is 2.38. The summed E-state index contributed by atoms with van der Waals surface area (Å²) < 4.78 is 0. The van der Waals surface area contributed by atoms with Crippen molar-refractivity contribution >= 4 is 17.7 Å². The first kappa shape index (κ1) is 21.0. The van der Waals surface area contributed by atoms with E-state index in [0.717, 1.165) is 25.9 Å². The van der Waals surface area contributed by atoms with Crippen LogP contribution in [-0.4, -0.2) is 65.4 Å². The van der Waals surface area contributed by atoms with Crippen LogP contribution in [0.25, 0.3) is 0 Å². The molecule has 1 aliphatic heterocycles. The van der Waals surface area contributed by atoms with Gasteiger partial charge in [-0.05, 0) is 18.4 Å². The normalized spacial score (nSPS) is 15.9. The smallest absolute Gasteiger partial charge is 0.273 e. The third-order valence-corrected chi connectivity index (χ3v) is 5.47. The van der Waals surface area contributed by atoms with E-state index in [1.807, 2.05) is 43.4 Å². The van der Waals surface area contributed by atoms with Gasteiger partial charge in [0.2, 0.25) is 12.2 Å². The molecule has 0 aliphatic carbocycles. The standard InChI is InChI=1S/C21H26N8O/c1-28(2)20(27-15-22)29-12-8-21(9-13-29,16-6-4-3-5-7-16)14-26-19(30)17-18(23)25-11-10-24-17/h3-7,10-11H,8-9,12-14H2,1-2H3,(H2,23,25)(H,26,30). The number of nitrogens with one attached hydrogen (secondary N) is 1. The molecular formula is C21H26N8O. The molecule has 30 heavy (non-hydrogen) atoms. The van der Waals surface area contributed by atoms with Crippen molar-refractivity contribution in [1.82, 2.24) is 25.1 Å².